The van der Waals surface area contributed by atoms with Crippen LogP contribution in [-0.4, -0.2) is 70.5 Å². The molecule has 3 aliphatic rings. The molecule has 3 saturated heterocycles. The van der Waals surface area contributed by atoms with Gasteiger partial charge in [-0.2, -0.15) is 8.78 Å². The van der Waals surface area contributed by atoms with Gasteiger partial charge in [-0.3, -0.25) is 4.90 Å². The van der Waals surface area contributed by atoms with Gasteiger partial charge in [0.1, 0.15) is 5.82 Å². The summed E-state index contributed by atoms with van der Waals surface area (Å²) in [5, 5.41) is 7.72. The number of hydrogen-bond acceptors (Lipinski definition) is 6. The molecule has 6 rings (SSSR count). The highest BCUT2D eigenvalue weighted by atomic mass is 35.5. The van der Waals surface area contributed by atoms with Gasteiger partial charge in [0.2, 0.25) is 5.89 Å². The van der Waals surface area contributed by atoms with Crippen molar-refractivity contribution in [1.29, 1.82) is 0 Å². The van der Waals surface area contributed by atoms with E-state index in [1.54, 1.807) is 24.3 Å². The zero-order valence-corrected chi connectivity index (χ0v) is 21.2. The predicted molar refractivity (Wildman–Crippen MR) is 135 cm³/mol. The summed E-state index contributed by atoms with van der Waals surface area (Å²) in [4.78, 5) is 6.57. The summed E-state index contributed by atoms with van der Waals surface area (Å²) in [5.74, 6) is -1.19. The van der Waals surface area contributed by atoms with E-state index in [1.165, 1.54) is 6.07 Å². The summed E-state index contributed by atoms with van der Waals surface area (Å²) >= 11 is 12.0. The topological polar surface area (TPSA) is 57.9 Å². The molecule has 0 saturated carbocycles. The number of hydrogen-bond donors (Lipinski definition) is 0. The van der Waals surface area contributed by atoms with Crippen LogP contribution in [0.15, 0.2) is 46.9 Å². The van der Waals surface area contributed by atoms with Gasteiger partial charge in [-0.1, -0.05) is 23.7 Å². The van der Waals surface area contributed by atoms with Crippen LogP contribution in [0.4, 0.5) is 18.9 Å². The monoisotopic (exact) mass is 549 g/mol. The molecule has 0 atom stereocenters. The molecule has 12 heteroatoms. The van der Waals surface area contributed by atoms with E-state index in [9.17, 15) is 13.2 Å². The third-order valence-corrected chi connectivity index (χ3v) is 7.92. The van der Waals surface area contributed by atoms with Gasteiger partial charge in [-0.05, 0) is 48.1 Å². The van der Waals surface area contributed by atoms with Gasteiger partial charge in [-0.15, -0.1) is 10.2 Å². The first-order chi connectivity index (χ1) is 17.8. The Bertz CT molecular complexity index is 1310. The van der Waals surface area contributed by atoms with Crippen LogP contribution in [-0.2, 0) is 11.3 Å². The standard InChI is InChI=1S/C25H23ClF3N5O2S/c26-19-7-17(5-6-20(19)27)34(24(37)33-13-25(14-33)11-32(12-25)18-9-35-10-18)8-15-1-3-16(4-2-15)22-30-31-23(36-22)21(28)29/h1-7,18,21H,8-14H2. The first-order valence-corrected chi connectivity index (χ1v) is 12.6. The second-order valence-electron chi connectivity index (χ2n) is 9.86. The maximum Gasteiger partial charge on any atom is 0.314 e. The van der Waals surface area contributed by atoms with Crippen LogP contribution >= 0.6 is 23.8 Å². The number of likely N-dealkylation sites (tertiary alicyclic amines) is 2. The lowest BCUT2D eigenvalue weighted by molar-refractivity contribution is -0.162. The van der Waals surface area contributed by atoms with Gasteiger partial charge in [0, 0.05) is 42.8 Å². The van der Waals surface area contributed by atoms with Crippen LogP contribution in [0.1, 0.15) is 17.9 Å². The van der Waals surface area contributed by atoms with E-state index < -0.39 is 18.1 Å². The normalized spacial score (nSPS) is 19.0. The second-order valence-corrected chi connectivity index (χ2v) is 10.6. The molecule has 0 aliphatic carbocycles. The van der Waals surface area contributed by atoms with Gasteiger partial charge in [0.05, 0.1) is 30.8 Å². The molecule has 3 aliphatic heterocycles. The zero-order chi connectivity index (χ0) is 25.7. The van der Waals surface area contributed by atoms with Crippen molar-refractivity contribution in [3.63, 3.8) is 0 Å². The van der Waals surface area contributed by atoms with E-state index in [1.807, 2.05) is 17.0 Å². The Morgan fingerprint density at radius 3 is 2.43 bits per heavy atom. The Kier molecular flexibility index (Phi) is 6.34. The van der Waals surface area contributed by atoms with Gasteiger partial charge in [-0.25, -0.2) is 4.39 Å². The maximum absolute atomic E-state index is 13.9. The van der Waals surface area contributed by atoms with Crippen molar-refractivity contribution in [2.45, 2.75) is 19.0 Å². The first kappa shape index (κ1) is 24.6. The lowest BCUT2D eigenvalue weighted by atomic mass is 9.72. The van der Waals surface area contributed by atoms with Crippen LogP contribution in [0, 0.1) is 11.2 Å². The highest BCUT2D eigenvalue weighted by Gasteiger charge is 2.55. The fourth-order valence-electron chi connectivity index (χ4n) is 5.07. The van der Waals surface area contributed by atoms with E-state index in [4.69, 9.17) is 33.0 Å². The molecular weight excluding hydrogens is 527 g/mol. The molecule has 2 aromatic carbocycles. The molecule has 3 fully saturated rings. The Balaban J connectivity index is 1.17. The summed E-state index contributed by atoms with van der Waals surface area (Å²) in [7, 11) is 0. The SMILES string of the molecule is Fc1ccc(N(Cc2ccc(-c3nnc(C(F)F)o3)cc2)C(=S)N2CC3(C2)CN(C2COC2)C3)cc1Cl. The molecule has 194 valence electrons. The van der Waals surface area contributed by atoms with Gasteiger partial charge >= 0.3 is 6.43 Å². The summed E-state index contributed by atoms with van der Waals surface area (Å²) in [6, 6.07) is 12.2. The lowest BCUT2D eigenvalue weighted by Crippen LogP contribution is -2.76. The van der Waals surface area contributed by atoms with Crippen molar-refractivity contribution >= 4 is 34.6 Å². The molecule has 37 heavy (non-hydrogen) atoms. The number of anilines is 1. The molecular formula is C25H23ClF3N5O2S. The number of aromatic nitrogens is 2. The van der Waals surface area contributed by atoms with Crippen molar-refractivity contribution in [3.05, 3.63) is 64.8 Å². The summed E-state index contributed by atoms with van der Waals surface area (Å²) in [6.07, 6.45) is -2.83. The third kappa shape index (κ3) is 4.69. The number of benzene rings is 2. The van der Waals surface area contributed by atoms with Crippen molar-refractivity contribution in [2.75, 3.05) is 44.3 Å². The molecule has 0 unspecified atom stereocenters. The fraction of sp³-hybridized carbons (Fsp3) is 0.400. The Labute approximate surface area is 221 Å². The smallest absolute Gasteiger partial charge is 0.314 e. The Hall–Kier alpha value is -2.73. The molecule has 0 radical (unpaired) electrons. The van der Waals surface area contributed by atoms with Crippen LogP contribution in [0.3, 0.4) is 0 Å². The number of alkyl halides is 2. The van der Waals surface area contributed by atoms with Crippen LogP contribution < -0.4 is 4.90 Å². The lowest BCUT2D eigenvalue weighted by Gasteiger charge is -2.63. The molecule has 3 aromatic rings. The minimum atomic E-state index is -2.83. The van der Waals surface area contributed by atoms with Crippen LogP contribution in [0.25, 0.3) is 11.5 Å². The van der Waals surface area contributed by atoms with Crippen molar-refractivity contribution in [2.24, 2.45) is 5.41 Å². The van der Waals surface area contributed by atoms with Crippen LogP contribution in [0.2, 0.25) is 5.02 Å². The average molecular weight is 550 g/mol. The number of nitrogens with zero attached hydrogens (tertiary/aromatic N) is 5. The van der Waals surface area contributed by atoms with E-state index >= 15 is 0 Å². The minimum absolute atomic E-state index is 0.0179. The van der Waals surface area contributed by atoms with Crippen molar-refractivity contribution < 1.29 is 22.3 Å². The third-order valence-electron chi connectivity index (χ3n) is 7.15. The van der Waals surface area contributed by atoms with Gasteiger partial charge in [0.15, 0.2) is 5.11 Å². The zero-order valence-electron chi connectivity index (χ0n) is 19.6. The number of ether oxygens (including phenoxy) is 1. The molecule has 7 nitrogen and oxygen atoms in total. The van der Waals surface area contributed by atoms with Crippen molar-refractivity contribution in [3.8, 4) is 11.5 Å². The molecule has 1 spiro atoms. The van der Waals surface area contributed by atoms with E-state index in [2.05, 4.69) is 20.0 Å². The Morgan fingerprint density at radius 2 is 1.84 bits per heavy atom. The second kappa shape index (κ2) is 9.54. The molecule has 1 aromatic heterocycles. The maximum atomic E-state index is 13.9. The predicted octanol–water partition coefficient (Wildman–Crippen LogP) is 4.77. The van der Waals surface area contributed by atoms with Crippen LogP contribution in [0.5, 0.6) is 0 Å². The highest BCUT2D eigenvalue weighted by molar-refractivity contribution is 7.80. The molecule has 4 heterocycles. The quantitative estimate of drug-likeness (QED) is 0.408. The highest BCUT2D eigenvalue weighted by Crippen LogP contribution is 2.42. The van der Waals surface area contributed by atoms with Gasteiger partial charge in [0.25, 0.3) is 5.89 Å². The van der Waals surface area contributed by atoms with Crippen molar-refractivity contribution in [1.82, 2.24) is 20.0 Å². The average Bonchev–Trinajstić information content (AvgIpc) is 3.29. The molecule has 0 amide bonds. The molecule has 0 bridgehead atoms. The largest absolute Gasteiger partial charge is 0.415 e. The van der Waals surface area contributed by atoms with Gasteiger partial charge < -0.3 is 19.0 Å². The summed E-state index contributed by atoms with van der Waals surface area (Å²) in [5.41, 5.74) is 2.37. The van der Waals surface area contributed by atoms with E-state index in [0.717, 1.165) is 45.0 Å². The minimum Gasteiger partial charge on any atom is -0.415 e. The van der Waals surface area contributed by atoms with E-state index in [-0.39, 0.29) is 16.3 Å². The summed E-state index contributed by atoms with van der Waals surface area (Å²) in [6.45, 7) is 5.86. The molecule has 0 N–H and O–H groups in total. The first-order valence-electron chi connectivity index (χ1n) is 11.8. The summed E-state index contributed by atoms with van der Waals surface area (Å²) < 4.78 is 49.8. The number of rotatable bonds is 6. The fourth-order valence-corrected chi connectivity index (χ4v) is 5.55. The number of halogens is 4. The van der Waals surface area contributed by atoms with E-state index in [0.29, 0.717) is 28.9 Å². The Morgan fingerprint density at radius 1 is 1.11 bits per heavy atom. The number of thiocarbonyl (C=S) groups is 1.